The average molecular weight is 287 g/mol. The molecule has 0 unspecified atom stereocenters. The molecule has 0 aromatic heterocycles. The number of amides is 1. The van der Waals surface area contributed by atoms with Crippen LogP contribution in [0.5, 0.6) is 0 Å². The van der Waals surface area contributed by atoms with Crippen molar-refractivity contribution in [2.45, 2.75) is 0 Å². The van der Waals surface area contributed by atoms with Crippen molar-refractivity contribution >= 4 is 23.2 Å². The molecule has 1 aromatic rings. The molecule has 106 valence electrons. The zero-order chi connectivity index (χ0) is 14.1. The summed E-state index contributed by atoms with van der Waals surface area (Å²) in [7, 11) is 1.83. The predicted molar refractivity (Wildman–Crippen MR) is 75.5 cm³/mol. The zero-order valence-corrected chi connectivity index (χ0v) is 11.7. The first-order valence-electron chi connectivity index (χ1n) is 6.04. The molecule has 6 heteroatoms. The maximum atomic E-state index is 11.7. The number of hydrogen-bond acceptors (Lipinski definition) is 4. The number of carbonyl (C=O) groups is 1. The average Bonchev–Trinajstić information content (AvgIpc) is 2.34. The SMILES string of the molecule is CN(CCOCCO)CC(=O)Nc1cccc(Cl)c1. The predicted octanol–water partition coefficient (Wildman–Crippen LogP) is 1.22. The van der Waals surface area contributed by atoms with Crippen LogP contribution in [0.1, 0.15) is 0 Å². The van der Waals surface area contributed by atoms with Gasteiger partial charge in [-0.15, -0.1) is 0 Å². The van der Waals surface area contributed by atoms with E-state index in [1.165, 1.54) is 0 Å². The minimum atomic E-state index is -0.105. The fourth-order valence-corrected chi connectivity index (χ4v) is 1.67. The van der Waals surface area contributed by atoms with E-state index in [1.54, 1.807) is 24.3 Å². The molecule has 0 heterocycles. The molecule has 0 saturated heterocycles. The van der Waals surface area contributed by atoms with Crippen molar-refractivity contribution in [3.8, 4) is 0 Å². The summed E-state index contributed by atoms with van der Waals surface area (Å²) in [5, 5.41) is 11.9. The summed E-state index contributed by atoms with van der Waals surface area (Å²) in [5.74, 6) is -0.105. The van der Waals surface area contributed by atoms with Gasteiger partial charge in [-0.1, -0.05) is 17.7 Å². The Morgan fingerprint density at radius 2 is 2.26 bits per heavy atom. The third-order valence-electron chi connectivity index (χ3n) is 2.37. The molecule has 0 aliphatic carbocycles. The maximum absolute atomic E-state index is 11.7. The first-order valence-corrected chi connectivity index (χ1v) is 6.42. The van der Waals surface area contributed by atoms with E-state index in [4.69, 9.17) is 21.4 Å². The lowest BCUT2D eigenvalue weighted by atomic mass is 10.3. The minimum absolute atomic E-state index is 0.0129. The van der Waals surface area contributed by atoms with Gasteiger partial charge < -0.3 is 15.2 Å². The molecular weight excluding hydrogens is 268 g/mol. The second kappa shape index (κ2) is 8.87. The van der Waals surface area contributed by atoms with Crippen LogP contribution in [0.3, 0.4) is 0 Å². The molecule has 0 spiro atoms. The summed E-state index contributed by atoms with van der Waals surface area (Å²) in [6.07, 6.45) is 0. The van der Waals surface area contributed by atoms with Crippen molar-refractivity contribution < 1.29 is 14.6 Å². The third kappa shape index (κ3) is 7.12. The molecule has 0 radical (unpaired) electrons. The van der Waals surface area contributed by atoms with E-state index in [1.807, 2.05) is 11.9 Å². The normalized spacial score (nSPS) is 10.7. The summed E-state index contributed by atoms with van der Waals surface area (Å²) < 4.78 is 5.13. The fraction of sp³-hybridized carbons (Fsp3) is 0.462. The smallest absolute Gasteiger partial charge is 0.238 e. The molecule has 0 saturated carbocycles. The number of halogens is 1. The molecule has 19 heavy (non-hydrogen) atoms. The Bertz CT molecular complexity index is 401. The quantitative estimate of drug-likeness (QED) is 0.706. The van der Waals surface area contributed by atoms with Gasteiger partial charge >= 0.3 is 0 Å². The van der Waals surface area contributed by atoms with Crippen LogP contribution >= 0.6 is 11.6 Å². The van der Waals surface area contributed by atoms with Crippen LogP contribution in [-0.2, 0) is 9.53 Å². The molecule has 1 aromatic carbocycles. The monoisotopic (exact) mass is 286 g/mol. The number of rotatable bonds is 8. The molecule has 5 nitrogen and oxygen atoms in total. The zero-order valence-electron chi connectivity index (χ0n) is 10.9. The van der Waals surface area contributed by atoms with Gasteiger partial charge in [-0.05, 0) is 25.2 Å². The number of likely N-dealkylation sites (N-methyl/N-ethyl adjacent to an activating group) is 1. The summed E-state index contributed by atoms with van der Waals surface area (Å²) in [6.45, 7) is 1.72. The van der Waals surface area contributed by atoms with Crippen LogP contribution < -0.4 is 5.32 Å². The fourth-order valence-electron chi connectivity index (χ4n) is 1.48. The number of nitrogens with one attached hydrogen (secondary N) is 1. The van der Waals surface area contributed by atoms with Gasteiger partial charge in [0.1, 0.15) is 0 Å². The lowest BCUT2D eigenvalue weighted by molar-refractivity contribution is -0.117. The molecular formula is C13H19ClN2O3. The van der Waals surface area contributed by atoms with Gasteiger partial charge in [0.05, 0.1) is 26.4 Å². The Morgan fingerprint density at radius 3 is 2.95 bits per heavy atom. The lowest BCUT2D eigenvalue weighted by Gasteiger charge is -2.16. The highest BCUT2D eigenvalue weighted by molar-refractivity contribution is 6.30. The van der Waals surface area contributed by atoms with Gasteiger partial charge in [0, 0.05) is 17.3 Å². The van der Waals surface area contributed by atoms with E-state index in [2.05, 4.69) is 5.32 Å². The molecule has 0 atom stereocenters. The van der Waals surface area contributed by atoms with Gasteiger partial charge in [-0.2, -0.15) is 0 Å². The summed E-state index contributed by atoms with van der Waals surface area (Å²) in [6, 6.07) is 7.02. The number of hydrogen-bond donors (Lipinski definition) is 2. The Kier molecular flexibility index (Phi) is 7.43. The van der Waals surface area contributed by atoms with E-state index in [0.29, 0.717) is 30.5 Å². The van der Waals surface area contributed by atoms with Crippen molar-refractivity contribution in [3.05, 3.63) is 29.3 Å². The second-order valence-corrected chi connectivity index (χ2v) is 4.57. The number of benzene rings is 1. The summed E-state index contributed by atoms with van der Waals surface area (Å²) >= 11 is 5.83. The van der Waals surface area contributed by atoms with Crippen molar-refractivity contribution in [2.24, 2.45) is 0 Å². The molecule has 0 fully saturated rings. The maximum Gasteiger partial charge on any atom is 0.238 e. The molecule has 2 N–H and O–H groups in total. The van der Waals surface area contributed by atoms with Crippen molar-refractivity contribution in [1.29, 1.82) is 0 Å². The summed E-state index contributed by atoms with van der Waals surface area (Å²) in [4.78, 5) is 13.6. The van der Waals surface area contributed by atoms with E-state index >= 15 is 0 Å². The first-order chi connectivity index (χ1) is 9.11. The van der Waals surface area contributed by atoms with Crippen LogP contribution in [0.4, 0.5) is 5.69 Å². The number of ether oxygens (including phenoxy) is 1. The Balaban J connectivity index is 2.26. The van der Waals surface area contributed by atoms with Crippen LogP contribution in [0.25, 0.3) is 0 Å². The number of anilines is 1. The van der Waals surface area contributed by atoms with Crippen molar-refractivity contribution in [3.63, 3.8) is 0 Å². The Hall–Kier alpha value is -1.14. The van der Waals surface area contributed by atoms with Crippen molar-refractivity contribution in [1.82, 2.24) is 4.90 Å². The molecule has 0 aliphatic rings. The first kappa shape index (κ1) is 15.9. The number of aliphatic hydroxyl groups is 1. The van der Waals surface area contributed by atoms with Crippen LogP contribution in [0.2, 0.25) is 5.02 Å². The standard InChI is InChI=1S/C13H19ClN2O3/c1-16(5-7-19-8-6-17)10-13(18)15-12-4-2-3-11(14)9-12/h2-4,9,17H,5-8,10H2,1H3,(H,15,18). The van der Waals surface area contributed by atoms with Gasteiger partial charge in [0.15, 0.2) is 0 Å². The third-order valence-corrected chi connectivity index (χ3v) is 2.61. The Labute approximate surface area is 118 Å². The minimum Gasteiger partial charge on any atom is -0.394 e. The summed E-state index contributed by atoms with van der Waals surface area (Å²) in [5.41, 5.74) is 0.683. The van der Waals surface area contributed by atoms with E-state index in [9.17, 15) is 4.79 Å². The van der Waals surface area contributed by atoms with Gasteiger partial charge in [-0.3, -0.25) is 9.69 Å². The number of aliphatic hydroxyl groups excluding tert-OH is 1. The molecule has 0 aliphatic heterocycles. The second-order valence-electron chi connectivity index (χ2n) is 4.13. The van der Waals surface area contributed by atoms with E-state index < -0.39 is 0 Å². The lowest BCUT2D eigenvalue weighted by Crippen LogP contribution is -2.32. The molecule has 1 rings (SSSR count). The van der Waals surface area contributed by atoms with E-state index in [-0.39, 0.29) is 19.1 Å². The van der Waals surface area contributed by atoms with Gasteiger partial charge in [0.2, 0.25) is 5.91 Å². The number of nitrogens with zero attached hydrogens (tertiary/aromatic N) is 1. The highest BCUT2D eigenvalue weighted by Gasteiger charge is 2.06. The van der Waals surface area contributed by atoms with E-state index in [0.717, 1.165) is 0 Å². The topological polar surface area (TPSA) is 61.8 Å². The molecule has 0 bridgehead atoms. The van der Waals surface area contributed by atoms with Gasteiger partial charge in [0.25, 0.3) is 0 Å². The van der Waals surface area contributed by atoms with Gasteiger partial charge in [-0.25, -0.2) is 0 Å². The van der Waals surface area contributed by atoms with Crippen LogP contribution in [0, 0.1) is 0 Å². The van der Waals surface area contributed by atoms with Crippen LogP contribution in [0.15, 0.2) is 24.3 Å². The van der Waals surface area contributed by atoms with Crippen LogP contribution in [-0.4, -0.2) is 55.9 Å². The number of carbonyl (C=O) groups excluding carboxylic acids is 1. The van der Waals surface area contributed by atoms with Crippen molar-refractivity contribution in [2.75, 3.05) is 45.3 Å². The largest absolute Gasteiger partial charge is 0.394 e. The Morgan fingerprint density at radius 1 is 1.47 bits per heavy atom. The highest BCUT2D eigenvalue weighted by atomic mass is 35.5. The highest BCUT2D eigenvalue weighted by Crippen LogP contribution is 2.14. The molecule has 1 amide bonds.